The summed E-state index contributed by atoms with van der Waals surface area (Å²) in [7, 11) is 1.82. The zero-order chi connectivity index (χ0) is 13.7. The standard InChI is InChI=1S/C15H17N3O/c1-3-18(13-7-5-4-6-8-13)15(19)14-10-9-12(16-2)11-17-14/h4-11,16H,3H2,1-2H3. The van der Waals surface area contributed by atoms with Gasteiger partial charge >= 0.3 is 0 Å². The number of nitrogens with one attached hydrogen (secondary N) is 1. The quantitative estimate of drug-likeness (QED) is 0.913. The van der Waals surface area contributed by atoms with Crippen molar-refractivity contribution in [3.05, 3.63) is 54.4 Å². The molecule has 98 valence electrons. The van der Waals surface area contributed by atoms with Crippen molar-refractivity contribution in [2.45, 2.75) is 6.92 Å². The van der Waals surface area contributed by atoms with Crippen LogP contribution < -0.4 is 10.2 Å². The summed E-state index contributed by atoms with van der Waals surface area (Å²) >= 11 is 0. The Hall–Kier alpha value is -2.36. The molecule has 1 N–H and O–H groups in total. The van der Waals surface area contributed by atoms with Crippen LogP contribution in [-0.4, -0.2) is 24.5 Å². The molecule has 0 fully saturated rings. The third-order valence-corrected chi connectivity index (χ3v) is 2.90. The number of nitrogens with zero attached hydrogens (tertiary/aromatic N) is 2. The van der Waals surface area contributed by atoms with Gasteiger partial charge in [0.2, 0.25) is 0 Å². The lowest BCUT2D eigenvalue weighted by Crippen LogP contribution is -2.31. The first-order valence-electron chi connectivity index (χ1n) is 6.27. The molecule has 4 heteroatoms. The van der Waals surface area contributed by atoms with Gasteiger partial charge in [-0.05, 0) is 31.2 Å². The Morgan fingerprint density at radius 1 is 1.21 bits per heavy atom. The van der Waals surface area contributed by atoms with Crippen molar-refractivity contribution >= 4 is 17.3 Å². The lowest BCUT2D eigenvalue weighted by Gasteiger charge is -2.20. The average molecular weight is 255 g/mol. The molecule has 1 aromatic carbocycles. The average Bonchev–Trinajstić information content (AvgIpc) is 2.49. The fraction of sp³-hybridized carbons (Fsp3) is 0.200. The number of hydrogen-bond donors (Lipinski definition) is 1. The number of carbonyl (C=O) groups excluding carboxylic acids is 1. The first-order chi connectivity index (χ1) is 9.26. The second kappa shape index (κ2) is 6.00. The highest BCUT2D eigenvalue weighted by Gasteiger charge is 2.16. The minimum Gasteiger partial charge on any atom is -0.387 e. The molecule has 0 unspecified atom stereocenters. The number of rotatable bonds is 4. The van der Waals surface area contributed by atoms with Crippen molar-refractivity contribution in [3.8, 4) is 0 Å². The maximum Gasteiger partial charge on any atom is 0.276 e. The molecule has 0 aliphatic rings. The molecule has 0 saturated carbocycles. The first-order valence-corrected chi connectivity index (χ1v) is 6.27. The molecular weight excluding hydrogens is 238 g/mol. The van der Waals surface area contributed by atoms with E-state index in [-0.39, 0.29) is 5.91 Å². The van der Waals surface area contributed by atoms with Crippen LogP contribution >= 0.6 is 0 Å². The lowest BCUT2D eigenvalue weighted by atomic mass is 10.2. The van der Waals surface area contributed by atoms with E-state index in [0.717, 1.165) is 11.4 Å². The molecule has 0 aliphatic carbocycles. The second-order valence-electron chi connectivity index (χ2n) is 4.07. The van der Waals surface area contributed by atoms with E-state index in [0.29, 0.717) is 12.2 Å². The SMILES string of the molecule is CCN(C(=O)c1ccc(NC)cn1)c1ccccc1. The van der Waals surface area contributed by atoms with Crippen molar-refractivity contribution in [2.24, 2.45) is 0 Å². The van der Waals surface area contributed by atoms with E-state index in [2.05, 4.69) is 10.3 Å². The van der Waals surface area contributed by atoms with Crippen LogP contribution in [0.15, 0.2) is 48.7 Å². The smallest absolute Gasteiger partial charge is 0.276 e. The summed E-state index contributed by atoms with van der Waals surface area (Å²) in [5.41, 5.74) is 2.22. The van der Waals surface area contributed by atoms with Crippen LogP contribution in [-0.2, 0) is 0 Å². The molecule has 0 aliphatic heterocycles. The van der Waals surface area contributed by atoms with Crippen LogP contribution in [0.4, 0.5) is 11.4 Å². The highest BCUT2D eigenvalue weighted by Crippen LogP contribution is 2.16. The predicted molar refractivity (Wildman–Crippen MR) is 77.6 cm³/mol. The maximum absolute atomic E-state index is 12.4. The fourth-order valence-electron chi connectivity index (χ4n) is 1.86. The molecular formula is C15H17N3O. The molecule has 0 radical (unpaired) electrons. The zero-order valence-electron chi connectivity index (χ0n) is 11.1. The molecule has 1 amide bonds. The van der Waals surface area contributed by atoms with Crippen LogP contribution in [0, 0.1) is 0 Å². The van der Waals surface area contributed by atoms with Crippen molar-refractivity contribution in [2.75, 3.05) is 23.8 Å². The maximum atomic E-state index is 12.4. The molecule has 2 rings (SSSR count). The van der Waals surface area contributed by atoms with E-state index in [9.17, 15) is 4.79 Å². The number of anilines is 2. The Bertz CT molecular complexity index is 537. The molecule has 1 aromatic heterocycles. The van der Waals surface area contributed by atoms with Gasteiger partial charge in [-0.1, -0.05) is 18.2 Å². The normalized spacial score (nSPS) is 10.0. The van der Waals surface area contributed by atoms with Crippen LogP contribution in [0.2, 0.25) is 0 Å². The van der Waals surface area contributed by atoms with E-state index in [1.54, 1.807) is 17.2 Å². The van der Waals surface area contributed by atoms with Crippen LogP contribution in [0.3, 0.4) is 0 Å². The van der Waals surface area contributed by atoms with E-state index in [1.807, 2.05) is 50.4 Å². The van der Waals surface area contributed by atoms with E-state index < -0.39 is 0 Å². The summed E-state index contributed by atoms with van der Waals surface area (Å²) in [6.07, 6.45) is 1.66. The monoisotopic (exact) mass is 255 g/mol. The minimum atomic E-state index is -0.0867. The van der Waals surface area contributed by atoms with Gasteiger partial charge < -0.3 is 10.2 Å². The van der Waals surface area contributed by atoms with Gasteiger partial charge in [0.1, 0.15) is 5.69 Å². The molecule has 0 bridgehead atoms. The lowest BCUT2D eigenvalue weighted by molar-refractivity contribution is 0.0983. The number of benzene rings is 1. The topological polar surface area (TPSA) is 45.2 Å². The van der Waals surface area contributed by atoms with Crippen molar-refractivity contribution < 1.29 is 4.79 Å². The number of hydrogen-bond acceptors (Lipinski definition) is 3. The van der Waals surface area contributed by atoms with Gasteiger partial charge in [0.05, 0.1) is 11.9 Å². The Balaban J connectivity index is 2.25. The van der Waals surface area contributed by atoms with Gasteiger partial charge in [-0.2, -0.15) is 0 Å². The predicted octanol–water partition coefficient (Wildman–Crippen LogP) is 2.79. The number of carbonyl (C=O) groups is 1. The summed E-state index contributed by atoms with van der Waals surface area (Å²) in [5, 5.41) is 2.98. The summed E-state index contributed by atoms with van der Waals surface area (Å²) < 4.78 is 0. The van der Waals surface area contributed by atoms with Gasteiger partial charge in [0, 0.05) is 19.3 Å². The highest BCUT2D eigenvalue weighted by molar-refractivity contribution is 6.04. The minimum absolute atomic E-state index is 0.0867. The van der Waals surface area contributed by atoms with Crippen LogP contribution in [0.1, 0.15) is 17.4 Å². The van der Waals surface area contributed by atoms with Gasteiger partial charge in [-0.15, -0.1) is 0 Å². The number of pyridine rings is 1. The zero-order valence-corrected chi connectivity index (χ0v) is 11.1. The van der Waals surface area contributed by atoms with Crippen molar-refractivity contribution in [3.63, 3.8) is 0 Å². The van der Waals surface area contributed by atoms with Crippen LogP contribution in [0.5, 0.6) is 0 Å². The third-order valence-electron chi connectivity index (χ3n) is 2.90. The summed E-state index contributed by atoms with van der Waals surface area (Å²) in [4.78, 5) is 18.3. The molecule has 4 nitrogen and oxygen atoms in total. The Kier molecular flexibility index (Phi) is 4.13. The highest BCUT2D eigenvalue weighted by atomic mass is 16.2. The summed E-state index contributed by atoms with van der Waals surface area (Å²) in [6, 6.07) is 13.2. The van der Waals surface area contributed by atoms with Crippen molar-refractivity contribution in [1.82, 2.24) is 4.98 Å². The molecule has 0 spiro atoms. The van der Waals surface area contributed by atoms with Crippen LogP contribution in [0.25, 0.3) is 0 Å². The Morgan fingerprint density at radius 3 is 2.47 bits per heavy atom. The van der Waals surface area contributed by atoms with Gasteiger partial charge in [-0.3, -0.25) is 4.79 Å². The molecule has 0 saturated heterocycles. The first kappa shape index (κ1) is 13.1. The number of amides is 1. The van der Waals surface area contributed by atoms with E-state index in [4.69, 9.17) is 0 Å². The Morgan fingerprint density at radius 2 is 1.95 bits per heavy atom. The third kappa shape index (κ3) is 2.91. The second-order valence-corrected chi connectivity index (χ2v) is 4.07. The van der Waals surface area contributed by atoms with Gasteiger partial charge in [0.15, 0.2) is 0 Å². The molecule has 1 heterocycles. The number of aromatic nitrogens is 1. The van der Waals surface area contributed by atoms with Gasteiger partial charge in [0.25, 0.3) is 5.91 Å². The Labute approximate surface area is 113 Å². The van der Waals surface area contributed by atoms with Gasteiger partial charge in [-0.25, -0.2) is 4.98 Å². The van der Waals surface area contributed by atoms with E-state index in [1.165, 1.54) is 0 Å². The summed E-state index contributed by atoms with van der Waals surface area (Å²) in [5.74, 6) is -0.0867. The summed E-state index contributed by atoms with van der Waals surface area (Å²) in [6.45, 7) is 2.56. The van der Waals surface area contributed by atoms with Crippen molar-refractivity contribution in [1.29, 1.82) is 0 Å². The molecule has 0 atom stereocenters. The van der Waals surface area contributed by atoms with E-state index >= 15 is 0 Å². The molecule has 2 aromatic rings. The largest absolute Gasteiger partial charge is 0.387 e. The fourth-order valence-corrected chi connectivity index (χ4v) is 1.86. The molecule has 19 heavy (non-hydrogen) atoms. The number of para-hydroxylation sites is 1.